The average Bonchev–Trinajstić information content (AvgIpc) is 1.63. The van der Waals surface area contributed by atoms with Crippen LogP contribution in [0.4, 0.5) is 0 Å². The Kier molecular flexibility index (Phi) is 24.3. The number of phenols is 1. The SMILES string of the molecule is [C-]#[N+]C[C@@H](O)[C@@H]1NC(=O)C([C@H](O)Cc2ccc(O)c(OSOOO)c2)NC(=O)C2CC(O)CN2C(=O)C(C(C)O)NC(=O)[C@@H](NC(=O)c2ccc(-c3nnc(-c4ccc(-c5ccc(OCCCOC)cc5)cc4)s3)cc2)C[C@H](O)CNC(=O)C2[C@@H](O)C(C)CN2C1=O. The molecule has 0 saturated carbocycles. The van der Waals surface area contributed by atoms with Gasteiger partial charge < -0.3 is 90.6 Å². The lowest BCUT2D eigenvalue weighted by molar-refractivity contribution is -0.433. The average molecular weight is 1320 g/mol. The lowest BCUT2D eigenvalue weighted by Gasteiger charge is -2.33. The van der Waals surface area contributed by atoms with Gasteiger partial charge in [-0.15, -0.1) is 10.2 Å². The van der Waals surface area contributed by atoms with Gasteiger partial charge in [-0.2, -0.15) is 0 Å². The maximum atomic E-state index is 14.6. The van der Waals surface area contributed by atoms with Crippen molar-refractivity contribution < 1.29 is 97.6 Å². The summed E-state index contributed by atoms with van der Waals surface area (Å²) in [4.78, 5) is 106. The number of methoxy groups -OCH3 is 1. The summed E-state index contributed by atoms with van der Waals surface area (Å²) in [6.07, 6.45) is -11.6. The van der Waals surface area contributed by atoms with Crippen molar-refractivity contribution in [2.24, 2.45) is 5.92 Å². The fourth-order valence-corrected chi connectivity index (χ4v) is 11.8. The normalized spacial score (nSPS) is 24.5. The summed E-state index contributed by atoms with van der Waals surface area (Å²) in [6.45, 7) is 8.75. The second-order valence-corrected chi connectivity index (χ2v) is 23.6. The van der Waals surface area contributed by atoms with Crippen LogP contribution in [0.15, 0.2) is 91.0 Å². The largest absolute Gasteiger partial charge is 0.504 e. The van der Waals surface area contributed by atoms with Crippen molar-refractivity contribution in [1.29, 1.82) is 0 Å². The summed E-state index contributed by atoms with van der Waals surface area (Å²) in [5.41, 5.74) is 3.44. The predicted molar refractivity (Wildman–Crippen MR) is 326 cm³/mol. The maximum Gasteiger partial charge on any atom is 0.261 e. The van der Waals surface area contributed by atoms with Crippen molar-refractivity contribution in [3.05, 3.63) is 114 Å². The van der Waals surface area contributed by atoms with E-state index in [4.69, 9.17) is 25.5 Å². The van der Waals surface area contributed by atoms with Crippen LogP contribution in [-0.2, 0) is 49.3 Å². The topological polar surface area (TPSA) is 424 Å². The van der Waals surface area contributed by atoms with Crippen LogP contribution in [0.25, 0.3) is 37.1 Å². The summed E-state index contributed by atoms with van der Waals surface area (Å²) in [6, 6.07) is 13.7. The molecule has 0 radical (unpaired) electrons. The molecular weight excluding hydrogens is 1240 g/mol. The highest BCUT2D eigenvalue weighted by Gasteiger charge is 2.50. The van der Waals surface area contributed by atoms with E-state index in [2.05, 4.69) is 51.0 Å². The van der Waals surface area contributed by atoms with Gasteiger partial charge in [0.05, 0.1) is 37.1 Å². The summed E-state index contributed by atoms with van der Waals surface area (Å²) in [5.74, 6) is -8.93. The Morgan fingerprint density at radius 2 is 1.38 bits per heavy atom. The molecule has 8 rings (SSSR count). The molecule has 4 aromatic carbocycles. The molecule has 92 heavy (non-hydrogen) atoms. The van der Waals surface area contributed by atoms with E-state index in [1.54, 1.807) is 19.2 Å². The molecule has 5 aromatic rings. The number of hydrogen-bond donors (Lipinski definition) is 13. The molecule has 3 aliphatic rings. The molecule has 3 aliphatic heterocycles. The lowest BCUT2D eigenvalue weighted by Crippen LogP contribution is -2.64. The monoisotopic (exact) mass is 1310 g/mol. The van der Waals surface area contributed by atoms with Crippen LogP contribution in [0.1, 0.15) is 49.0 Å². The lowest BCUT2D eigenvalue weighted by atomic mass is 9.99. The minimum atomic E-state index is -2.16. The minimum Gasteiger partial charge on any atom is -0.504 e. The van der Waals surface area contributed by atoms with E-state index in [1.165, 1.54) is 36.5 Å². The Bertz CT molecular complexity index is 3430. The standard InChI is InChI=1S/C60H70N10O20S2/c1-30-28-70-50(51(30)77)56(82)62-26-38(72)24-41(63-52(78)35-9-13-37(14-10-35)58-68-67-57(91-58)36-11-7-33(8-12-36)34-15-17-40(18-16-34)87-21-5-20-86-4)53(79)64-47(31(2)71)59(83)69-29-39(73)25-42(69)54(80)65-48(55(81)66-49(60(70)84)45(76)27-61-3)44(75)22-32-6-19-43(74)46(23-32)88-92-90-89-85/h6-19,23,30-31,38-39,41-42,44-45,47-51,71-77,85H,5,20-22,24-29H2,1-2,4H3,(H,62,82)(H,63,78)(H,64,79)(H,65,80)(H,66,81)/t30?,31?,38-,39?,41-,42?,44+,45+,47?,48?,49-,50?,51-/m0/s1. The number of benzene rings is 4. The first-order chi connectivity index (χ1) is 44.1. The van der Waals surface area contributed by atoms with Gasteiger partial charge in [-0.3, -0.25) is 33.6 Å². The number of fused-ring (bicyclic) bond motifs is 2. The number of hydrogen-bond acceptors (Lipinski definition) is 24. The number of ether oxygens (including phenoxy) is 2. The zero-order valence-electron chi connectivity index (χ0n) is 49.8. The van der Waals surface area contributed by atoms with E-state index < -0.39 is 165 Å². The van der Waals surface area contributed by atoms with Crippen LogP contribution in [-0.4, -0.2) is 222 Å². The Labute approximate surface area is 534 Å². The van der Waals surface area contributed by atoms with Crippen LogP contribution in [0.2, 0.25) is 0 Å². The van der Waals surface area contributed by atoms with Gasteiger partial charge >= 0.3 is 0 Å². The zero-order chi connectivity index (χ0) is 66.3. The summed E-state index contributed by atoms with van der Waals surface area (Å²) >= 11 is 1.36. The fourth-order valence-electron chi connectivity index (χ4n) is 10.7. The first kappa shape index (κ1) is 69.5. The van der Waals surface area contributed by atoms with Gasteiger partial charge in [-0.05, 0) is 60.0 Å². The molecule has 13 N–H and O–H groups in total. The Morgan fingerprint density at radius 1 is 0.761 bits per heavy atom. The molecule has 492 valence electrons. The molecular formula is C60H70N10O20S2. The molecule has 0 bridgehead atoms. The maximum absolute atomic E-state index is 14.6. The van der Waals surface area contributed by atoms with Gasteiger partial charge in [0.1, 0.15) is 52.0 Å². The van der Waals surface area contributed by atoms with Crippen LogP contribution in [0.5, 0.6) is 17.2 Å². The van der Waals surface area contributed by atoms with E-state index in [9.17, 15) is 69.3 Å². The van der Waals surface area contributed by atoms with Crippen molar-refractivity contribution in [2.45, 2.75) is 112 Å². The number of nitrogens with one attached hydrogen (secondary N) is 5. The van der Waals surface area contributed by atoms with Gasteiger partial charge in [0.2, 0.25) is 42.0 Å². The molecule has 0 spiro atoms. The summed E-state index contributed by atoms with van der Waals surface area (Å²) in [7, 11) is 1.64. The first-order valence-electron chi connectivity index (χ1n) is 29.0. The van der Waals surface area contributed by atoms with E-state index in [1.807, 2.05) is 48.5 Å². The number of phenolic OH excluding ortho intramolecular Hbond substituents is 1. The third kappa shape index (κ3) is 17.4. The van der Waals surface area contributed by atoms with Crippen molar-refractivity contribution >= 4 is 65.0 Å². The minimum absolute atomic E-state index is 0.00639. The molecule has 3 fully saturated rings. The number of rotatable bonds is 20. The number of nitrogens with zero attached hydrogens (tertiary/aromatic N) is 5. The third-order valence-corrected chi connectivity index (χ3v) is 17.0. The van der Waals surface area contributed by atoms with Gasteiger partial charge in [0, 0.05) is 81.6 Å². The molecule has 0 aliphatic carbocycles. The summed E-state index contributed by atoms with van der Waals surface area (Å²) in [5, 5.41) is 113. The highest BCUT2D eigenvalue weighted by Crippen LogP contribution is 2.34. The van der Waals surface area contributed by atoms with Crippen molar-refractivity contribution in [3.8, 4) is 49.5 Å². The molecule has 7 amide bonds. The molecule has 4 heterocycles. The van der Waals surface area contributed by atoms with E-state index in [0.717, 1.165) is 57.7 Å². The van der Waals surface area contributed by atoms with Crippen molar-refractivity contribution in [2.75, 3.05) is 46.5 Å². The number of carbonyl (C=O) groups is 7. The van der Waals surface area contributed by atoms with Crippen molar-refractivity contribution in [1.82, 2.24) is 46.6 Å². The number of aliphatic hydroxyl groups is 6. The fraction of sp³-hybridized carbons (Fsp3) is 0.433. The second kappa shape index (κ2) is 32.2. The van der Waals surface area contributed by atoms with Crippen LogP contribution < -0.4 is 35.5 Å². The van der Waals surface area contributed by atoms with E-state index in [-0.39, 0.29) is 35.7 Å². The number of β-amino-alcohol motifs (C(OH)–C–C–N with tert-alkyl or cyclic N) is 1. The van der Waals surface area contributed by atoms with Crippen molar-refractivity contribution in [3.63, 3.8) is 0 Å². The van der Waals surface area contributed by atoms with Crippen LogP contribution in [0, 0.1) is 12.5 Å². The number of carbonyl (C=O) groups excluding carboxylic acids is 7. The van der Waals surface area contributed by atoms with Crippen LogP contribution >= 0.6 is 23.7 Å². The number of amides is 7. The number of aliphatic hydroxyl groups excluding tert-OH is 6. The highest BCUT2D eigenvalue weighted by atomic mass is 32.2. The Morgan fingerprint density at radius 3 is 2.02 bits per heavy atom. The van der Waals surface area contributed by atoms with E-state index >= 15 is 0 Å². The third-order valence-electron chi connectivity index (χ3n) is 15.6. The van der Waals surface area contributed by atoms with Gasteiger partial charge in [0.15, 0.2) is 17.6 Å². The van der Waals surface area contributed by atoms with E-state index in [0.29, 0.717) is 28.8 Å². The predicted octanol–water partition coefficient (Wildman–Crippen LogP) is -0.109. The Hall–Kier alpha value is -8.43. The number of aromatic nitrogens is 2. The highest BCUT2D eigenvalue weighted by molar-refractivity contribution is 7.90. The number of aromatic hydroxyl groups is 1. The molecule has 32 heteroatoms. The zero-order valence-corrected chi connectivity index (χ0v) is 51.4. The molecule has 7 unspecified atom stereocenters. The molecule has 1 aromatic heterocycles. The quantitative estimate of drug-likeness (QED) is 0.0159. The molecule has 30 nitrogen and oxygen atoms in total. The Balaban J connectivity index is 1.05. The van der Waals surface area contributed by atoms with Gasteiger partial charge in [-0.25, -0.2) is 11.8 Å². The molecule has 13 atom stereocenters. The summed E-state index contributed by atoms with van der Waals surface area (Å²) < 4.78 is 20.2. The first-order valence-corrected chi connectivity index (χ1v) is 30.5. The van der Waals surface area contributed by atoms with Gasteiger partial charge in [-0.1, -0.05) is 82.2 Å². The van der Waals surface area contributed by atoms with Crippen LogP contribution in [0.3, 0.4) is 0 Å². The molecule has 3 saturated heterocycles. The smallest absolute Gasteiger partial charge is 0.261 e. The van der Waals surface area contributed by atoms with Gasteiger partial charge in [0.25, 0.3) is 18.2 Å². The second-order valence-electron chi connectivity index (χ2n) is 22.2.